The fourth-order valence-corrected chi connectivity index (χ4v) is 3.73. The van der Waals surface area contributed by atoms with E-state index in [9.17, 15) is 13.5 Å². The van der Waals surface area contributed by atoms with Crippen LogP contribution in [0.4, 0.5) is 11.5 Å². The molecule has 0 spiro atoms. The minimum absolute atomic E-state index is 0.0164. The van der Waals surface area contributed by atoms with Crippen molar-refractivity contribution >= 4 is 50.9 Å². The summed E-state index contributed by atoms with van der Waals surface area (Å²) >= 11 is 11.8. The van der Waals surface area contributed by atoms with Gasteiger partial charge in [0, 0.05) is 22.9 Å². The minimum atomic E-state index is -3.85. The zero-order chi connectivity index (χ0) is 21.0. The highest BCUT2D eigenvalue weighted by atomic mass is 35.5. The second-order valence-corrected chi connectivity index (χ2v) is 8.17. The van der Waals surface area contributed by atoms with Gasteiger partial charge < -0.3 is 9.84 Å². The van der Waals surface area contributed by atoms with Crippen molar-refractivity contribution in [2.75, 3.05) is 11.8 Å². The smallest absolute Gasteiger partial charge is 0.263 e. The molecule has 0 unspecified atom stereocenters. The van der Waals surface area contributed by atoms with E-state index < -0.39 is 10.0 Å². The SMILES string of the molecule is COc1ccc(NS(=O)(=O)c2ccc(/N=C/c3cc(Cl)cc(Cl)c3O)cc2)nn1. The molecule has 8 nitrogen and oxygen atoms in total. The number of phenols is 1. The number of halogens is 2. The molecule has 0 amide bonds. The predicted molar refractivity (Wildman–Crippen MR) is 111 cm³/mol. The van der Waals surface area contributed by atoms with Gasteiger partial charge >= 0.3 is 0 Å². The van der Waals surface area contributed by atoms with Crippen LogP contribution in [0.1, 0.15) is 5.56 Å². The number of aromatic hydroxyl groups is 1. The van der Waals surface area contributed by atoms with Crippen molar-refractivity contribution in [3.63, 3.8) is 0 Å². The summed E-state index contributed by atoms with van der Waals surface area (Å²) in [4.78, 5) is 4.21. The van der Waals surface area contributed by atoms with Crippen LogP contribution in [0, 0.1) is 0 Å². The molecular formula is C18H14Cl2N4O4S. The number of ether oxygens (including phenoxy) is 1. The van der Waals surface area contributed by atoms with Crippen molar-refractivity contribution in [1.82, 2.24) is 10.2 Å². The molecule has 0 radical (unpaired) electrons. The molecule has 0 aliphatic carbocycles. The van der Waals surface area contributed by atoms with Crippen molar-refractivity contribution in [1.29, 1.82) is 0 Å². The largest absolute Gasteiger partial charge is 0.506 e. The summed E-state index contributed by atoms with van der Waals surface area (Å²) in [6.45, 7) is 0. The molecule has 0 aliphatic rings. The second-order valence-electron chi connectivity index (χ2n) is 5.64. The molecule has 0 aliphatic heterocycles. The number of anilines is 1. The van der Waals surface area contributed by atoms with Crippen LogP contribution in [0.3, 0.4) is 0 Å². The Bertz CT molecular complexity index is 1150. The van der Waals surface area contributed by atoms with Gasteiger partial charge in [-0.15, -0.1) is 10.2 Å². The van der Waals surface area contributed by atoms with Gasteiger partial charge in [-0.3, -0.25) is 9.71 Å². The van der Waals surface area contributed by atoms with Gasteiger partial charge in [-0.2, -0.15) is 0 Å². The predicted octanol–water partition coefficient (Wildman–Crippen LogP) is 4.05. The van der Waals surface area contributed by atoms with E-state index in [1.54, 1.807) is 0 Å². The highest BCUT2D eigenvalue weighted by Crippen LogP contribution is 2.30. The number of sulfonamides is 1. The Hall–Kier alpha value is -2.88. The fourth-order valence-electron chi connectivity index (χ4n) is 2.22. The molecule has 2 aromatic carbocycles. The van der Waals surface area contributed by atoms with Crippen molar-refractivity contribution in [2.24, 2.45) is 4.99 Å². The molecule has 3 aromatic rings. The van der Waals surface area contributed by atoms with Crippen LogP contribution in [0.15, 0.2) is 58.4 Å². The Morgan fingerprint density at radius 1 is 1.10 bits per heavy atom. The molecule has 0 saturated carbocycles. The van der Waals surface area contributed by atoms with Gasteiger partial charge in [-0.05, 0) is 42.5 Å². The average molecular weight is 453 g/mol. The monoisotopic (exact) mass is 452 g/mol. The molecule has 11 heteroatoms. The van der Waals surface area contributed by atoms with E-state index in [0.717, 1.165) is 0 Å². The van der Waals surface area contributed by atoms with Gasteiger partial charge in [0.2, 0.25) is 5.88 Å². The maximum absolute atomic E-state index is 12.5. The van der Waals surface area contributed by atoms with E-state index >= 15 is 0 Å². The molecule has 1 heterocycles. The fraction of sp³-hybridized carbons (Fsp3) is 0.0556. The van der Waals surface area contributed by atoms with E-state index in [4.69, 9.17) is 27.9 Å². The third kappa shape index (κ3) is 5.14. The number of rotatable bonds is 6. The minimum Gasteiger partial charge on any atom is -0.506 e. The third-order valence-electron chi connectivity index (χ3n) is 3.65. The molecule has 3 rings (SSSR count). The van der Waals surface area contributed by atoms with Gasteiger partial charge in [-0.1, -0.05) is 23.2 Å². The first kappa shape index (κ1) is 20.8. The number of aromatic nitrogens is 2. The number of nitrogens with zero attached hydrogens (tertiary/aromatic N) is 3. The van der Waals surface area contributed by atoms with Gasteiger partial charge in [0.1, 0.15) is 5.75 Å². The van der Waals surface area contributed by atoms with Crippen molar-refractivity contribution in [2.45, 2.75) is 4.90 Å². The molecule has 0 fully saturated rings. The Kier molecular flexibility index (Phi) is 6.21. The molecule has 0 atom stereocenters. The van der Waals surface area contributed by atoms with Crippen molar-refractivity contribution in [3.8, 4) is 11.6 Å². The van der Waals surface area contributed by atoms with Gasteiger partial charge in [0.25, 0.3) is 10.0 Å². The number of phenolic OH excluding ortho intramolecular Hbond substituents is 1. The number of hydrogen-bond acceptors (Lipinski definition) is 7. The number of benzene rings is 2. The van der Waals surface area contributed by atoms with Crippen LogP contribution in [-0.2, 0) is 10.0 Å². The highest BCUT2D eigenvalue weighted by Gasteiger charge is 2.15. The Labute approximate surface area is 176 Å². The number of nitrogens with one attached hydrogen (secondary N) is 1. The van der Waals surface area contributed by atoms with E-state index in [1.807, 2.05) is 0 Å². The number of aliphatic imine (C=N–C) groups is 1. The highest BCUT2D eigenvalue weighted by molar-refractivity contribution is 7.92. The lowest BCUT2D eigenvalue weighted by atomic mass is 10.2. The van der Waals surface area contributed by atoms with E-state index in [2.05, 4.69) is 19.9 Å². The lowest BCUT2D eigenvalue weighted by molar-refractivity contribution is 0.392. The summed E-state index contributed by atoms with van der Waals surface area (Å²) in [5.74, 6) is 0.173. The standard InChI is InChI=1S/C18H14Cl2N4O4S/c1-28-17-7-6-16(22-23-17)24-29(26,27)14-4-2-13(3-5-14)21-10-11-8-12(19)9-15(20)18(11)25/h2-10,25H,1H3,(H,22,24)/b21-10+. The summed E-state index contributed by atoms with van der Waals surface area (Å²) in [7, 11) is -2.42. The topological polar surface area (TPSA) is 114 Å². The summed E-state index contributed by atoms with van der Waals surface area (Å²) in [6, 6.07) is 11.6. The molecule has 0 bridgehead atoms. The summed E-state index contributed by atoms with van der Waals surface area (Å²) < 4.78 is 32.1. The second kappa shape index (κ2) is 8.64. The van der Waals surface area contributed by atoms with Crippen LogP contribution < -0.4 is 9.46 Å². The first-order chi connectivity index (χ1) is 13.8. The molecule has 0 saturated heterocycles. The zero-order valence-electron chi connectivity index (χ0n) is 14.9. The third-order valence-corrected chi connectivity index (χ3v) is 5.52. The molecule has 29 heavy (non-hydrogen) atoms. The lowest BCUT2D eigenvalue weighted by Crippen LogP contribution is -2.14. The van der Waals surface area contributed by atoms with E-state index in [0.29, 0.717) is 16.3 Å². The molecule has 2 N–H and O–H groups in total. The maximum Gasteiger partial charge on any atom is 0.263 e. The van der Waals surface area contributed by atoms with Crippen LogP contribution in [-0.4, -0.2) is 37.0 Å². The molecule has 1 aromatic heterocycles. The Balaban J connectivity index is 1.77. The Morgan fingerprint density at radius 2 is 1.83 bits per heavy atom. The normalized spacial score (nSPS) is 11.6. The van der Waals surface area contributed by atoms with Crippen LogP contribution >= 0.6 is 23.2 Å². The quantitative estimate of drug-likeness (QED) is 0.545. The van der Waals surface area contributed by atoms with Gasteiger partial charge in [0.15, 0.2) is 5.82 Å². The number of hydrogen-bond donors (Lipinski definition) is 2. The Morgan fingerprint density at radius 3 is 2.45 bits per heavy atom. The van der Waals surface area contributed by atoms with Crippen LogP contribution in [0.5, 0.6) is 11.6 Å². The van der Waals surface area contributed by atoms with Crippen LogP contribution in [0.25, 0.3) is 0 Å². The van der Waals surface area contributed by atoms with E-state index in [-0.39, 0.29) is 27.4 Å². The first-order valence-corrected chi connectivity index (χ1v) is 10.2. The maximum atomic E-state index is 12.5. The molecular weight excluding hydrogens is 439 g/mol. The molecule has 150 valence electrons. The summed E-state index contributed by atoms with van der Waals surface area (Å²) in [5.41, 5.74) is 0.794. The van der Waals surface area contributed by atoms with E-state index in [1.165, 1.54) is 61.9 Å². The number of methoxy groups -OCH3 is 1. The van der Waals surface area contributed by atoms with Gasteiger partial charge in [0.05, 0.1) is 22.7 Å². The van der Waals surface area contributed by atoms with Crippen molar-refractivity contribution in [3.05, 3.63) is 64.1 Å². The van der Waals surface area contributed by atoms with Crippen molar-refractivity contribution < 1.29 is 18.3 Å². The lowest BCUT2D eigenvalue weighted by Gasteiger charge is -2.07. The first-order valence-electron chi connectivity index (χ1n) is 8.01. The average Bonchev–Trinajstić information content (AvgIpc) is 2.70. The zero-order valence-corrected chi connectivity index (χ0v) is 17.2. The van der Waals surface area contributed by atoms with Crippen LogP contribution in [0.2, 0.25) is 10.0 Å². The summed E-state index contributed by atoms with van der Waals surface area (Å²) in [5, 5.41) is 17.8. The van der Waals surface area contributed by atoms with Gasteiger partial charge in [-0.25, -0.2) is 8.42 Å². The summed E-state index contributed by atoms with van der Waals surface area (Å²) in [6.07, 6.45) is 1.38.